The minimum atomic E-state index is 0.288. The van der Waals surface area contributed by atoms with Gasteiger partial charge in [-0.2, -0.15) is 0 Å². The molecule has 3 aromatic rings. The van der Waals surface area contributed by atoms with E-state index in [0.717, 1.165) is 18.7 Å². The summed E-state index contributed by atoms with van der Waals surface area (Å²) < 4.78 is 5.27. The summed E-state index contributed by atoms with van der Waals surface area (Å²) in [4.78, 5) is 4.07. The molecule has 1 atom stereocenters. The molecule has 0 fully saturated rings. The first kappa shape index (κ1) is 18.4. The van der Waals surface area contributed by atoms with Gasteiger partial charge in [-0.15, -0.1) is 0 Å². The lowest BCUT2D eigenvalue weighted by atomic mass is 10.0. The van der Waals surface area contributed by atoms with Crippen molar-refractivity contribution in [2.75, 3.05) is 13.7 Å². The van der Waals surface area contributed by atoms with E-state index in [9.17, 15) is 0 Å². The maximum atomic E-state index is 6.07. The quantitative estimate of drug-likeness (QED) is 0.615. The molecule has 0 aliphatic carbocycles. The Morgan fingerprint density at radius 3 is 2.38 bits per heavy atom. The van der Waals surface area contributed by atoms with Gasteiger partial charge in [0.25, 0.3) is 0 Å². The van der Waals surface area contributed by atoms with Gasteiger partial charge >= 0.3 is 0 Å². The van der Waals surface area contributed by atoms with Crippen molar-refractivity contribution in [1.29, 1.82) is 0 Å². The second-order valence-electron chi connectivity index (χ2n) is 6.25. The van der Waals surface area contributed by atoms with Crippen LogP contribution in [0.15, 0.2) is 67.0 Å². The van der Waals surface area contributed by atoms with Gasteiger partial charge in [0.15, 0.2) is 0 Å². The number of benzene rings is 2. The van der Waals surface area contributed by atoms with E-state index >= 15 is 0 Å². The first-order valence-electron chi connectivity index (χ1n) is 8.73. The van der Waals surface area contributed by atoms with Crippen LogP contribution in [0.25, 0.3) is 11.1 Å². The van der Waals surface area contributed by atoms with Gasteiger partial charge in [0.05, 0.1) is 12.1 Å². The molecular weight excluding hydrogens is 344 g/mol. The van der Waals surface area contributed by atoms with Crippen molar-refractivity contribution in [3.63, 3.8) is 0 Å². The Kier molecular flexibility index (Phi) is 6.26. The molecule has 0 saturated heterocycles. The monoisotopic (exact) mass is 366 g/mol. The van der Waals surface area contributed by atoms with Crippen LogP contribution in [-0.4, -0.2) is 18.6 Å². The van der Waals surface area contributed by atoms with Gasteiger partial charge in [0.1, 0.15) is 5.75 Å². The SMILES string of the molecule is COc1cc(CCNC(C)c2ccc(-c3ccncc3)cc2)ccc1Cl. The summed E-state index contributed by atoms with van der Waals surface area (Å²) in [5, 5.41) is 4.22. The molecule has 0 amide bonds. The van der Waals surface area contributed by atoms with E-state index in [1.165, 1.54) is 22.3 Å². The third kappa shape index (κ3) is 4.63. The van der Waals surface area contributed by atoms with Crippen molar-refractivity contribution in [2.24, 2.45) is 0 Å². The van der Waals surface area contributed by atoms with E-state index in [0.29, 0.717) is 5.02 Å². The summed E-state index contributed by atoms with van der Waals surface area (Å²) in [7, 11) is 1.64. The number of hydrogen-bond acceptors (Lipinski definition) is 3. The van der Waals surface area contributed by atoms with Crippen molar-refractivity contribution in [1.82, 2.24) is 10.3 Å². The zero-order valence-electron chi connectivity index (χ0n) is 15.1. The molecule has 2 aromatic carbocycles. The molecular formula is C22H23ClN2O. The number of pyridine rings is 1. The van der Waals surface area contributed by atoms with Gasteiger partial charge in [-0.25, -0.2) is 0 Å². The molecule has 0 radical (unpaired) electrons. The van der Waals surface area contributed by atoms with E-state index < -0.39 is 0 Å². The Bertz CT molecular complexity index is 835. The molecule has 1 N–H and O–H groups in total. The molecule has 4 heteroatoms. The molecule has 0 saturated carbocycles. The first-order valence-corrected chi connectivity index (χ1v) is 9.11. The molecule has 1 heterocycles. The van der Waals surface area contributed by atoms with Crippen LogP contribution in [-0.2, 0) is 6.42 Å². The molecule has 1 aromatic heterocycles. The molecule has 0 aliphatic rings. The van der Waals surface area contributed by atoms with Gasteiger partial charge in [-0.05, 0) is 66.4 Å². The highest BCUT2D eigenvalue weighted by atomic mass is 35.5. The predicted molar refractivity (Wildman–Crippen MR) is 108 cm³/mol. The summed E-state index contributed by atoms with van der Waals surface area (Å²) in [5.41, 5.74) is 4.87. The summed E-state index contributed by atoms with van der Waals surface area (Å²) in [6.07, 6.45) is 4.56. The third-order valence-electron chi connectivity index (χ3n) is 4.50. The number of halogens is 1. The second kappa shape index (κ2) is 8.84. The Morgan fingerprint density at radius 2 is 1.69 bits per heavy atom. The van der Waals surface area contributed by atoms with Crippen LogP contribution in [0.5, 0.6) is 5.75 Å². The number of nitrogens with one attached hydrogen (secondary N) is 1. The van der Waals surface area contributed by atoms with E-state index in [1.807, 2.05) is 42.7 Å². The molecule has 0 aliphatic heterocycles. The standard InChI is InChI=1S/C22H23ClN2O/c1-16(25-14-9-17-3-8-21(23)22(15-17)26-2)18-4-6-19(7-5-18)20-10-12-24-13-11-20/h3-8,10-13,15-16,25H,9,14H2,1-2H3. The molecule has 0 spiro atoms. The Hall–Kier alpha value is -2.36. The van der Waals surface area contributed by atoms with Gasteiger partial charge in [-0.3, -0.25) is 4.98 Å². The van der Waals surface area contributed by atoms with Crippen molar-refractivity contribution < 1.29 is 4.74 Å². The Morgan fingerprint density at radius 1 is 1.00 bits per heavy atom. The largest absolute Gasteiger partial charge is 0.495 e. The number of aromatic nitrogens is 1. The second-order valence-corrected chi connectivity index (χ2v) is 6.66. The highest BCUT2D eigenvalue weighted by Gasteiger charge is 2.06. The number of methoxy groups -OCH3 is 1. The smallest absolute Gasteiger partial charge is 0.137 e. The Balaban J connectivity index is 1.56. The van der Waals surface area contributed by atoms with E-state index in [4.69, 9.17) is 16.3 Å². The van der Waals surface area contributed by atoms with Crippen molar-refractivity contribution >= 4 is 11.6 Å². The van der Waals surface area contributed by atoms with Crippen molar-refractivity contribution in [2.45, 2.75) is 19.4 Å². The number of rotatable bonds is 7. The molecule has 3 rings (SSSR count). The van der Waals surface area contributed by atoms with E-state index in [2.05, 4.69) is 41.5 Å². The van der Waals surface area contributed by atoms with Gasteiger partial charge in [0.2, 0.25) is 0 Å². The zero-order valence-corrected chi connectivity index (χ0v) is 15.8. The predicted octanol–water partition coefficient (Wildman–Crippen LogP) is 5.30. The van der Waals surface area contributed by atoms with Crippen LogP contribution in [0.1, 0.15) is 24.1 Å². The fourth-order valence-corrected chi connectivity index (χ4v) is 3.11. The topological polar surface area (TPSA) is 34.1 Å². The minimum absolute atomic E-state index is 0.288. The highest BCUT2D eigenvalue weighted by Crippen LogP contribution is 2.25. The van der Waals surface area contributed by atoms with Crippen LogP contribution in [0.4, 0.5) is 0 Å². The van der Waals surface area contributed by atoms with Crippen LogP contribution in [0, 0.1) is 0 Å². The van der Waals surface area contributed by atoms with Crippen LogP contribution in [0.3, 0.4) is 0 Å². The minimum Gasteiger partial charge on any atom is -0.495 e. The average Bonchev–Trinajstić information content (AvgIpc) is 2.70. The summed E-state index contributed by atoms with van der Waals surface area (Å²) in [5.74, 6) is 0.726. The van der Waals surface area contributed by atoms with Crippen LogP contribution < -0.4 is 10.1 Å². The maximum Gasteiger partial charge on any atom is 0.137 e. The lowest BCUT2D eigenvalue weighted by Gasteiger charge is -2.15. The summed E-state index contributed by atoms with van der Waals surface area (Å²) in [6.45, 7) is 3.07. The summed E-state index contributed by atoms with van der Waals surface area (Å²) >= 11 is 6.07. The maximum absolute atomic E-state index is 6.07. The number of nitrogens with zero attached hydrogens (tertiary/aromatic N) is 1. The zero-order chi connectivity index (χ0) is 18.4. The molecule has 26 heavy (non-hydrogen) atoms. The third-order valence-corrected chi connectivity index (χ3v) is 4.82. The van der Waals surface area contributed by atoms with Crippen molar-refractivity contribution in [3.8, 4) is 16.9 Å². The van der Waals surface area contributed by atoms with E-state index in [1.54, 1.807) is 7.11 Å². The van der Waals surface area contributed by atoms with Gasteiger partial charge in [-0.1, -0.05) is 41.9 Å². The molecule has 3 nitrogen and oxygen atoms in total. The number of hydrogen-bond donors (Lipinski definition) is 1. The number of ether oxygens (including phenoxy) is 1. The van der Waals surface area contributed by atoms with Gasteiger partial charge in [0, 0.05) is 18.4 Å². The lowest BCUT2D eigenvalue weighted by molar-refractivity contribution is 0.414. The molecule has 134 valence electrons. The van der Waals surface area contributed by atoms with E-state index in [-0.39, 0.29) is 6.04 Å². The fourth-order valence-electron chi connectivity index (χ4n) is 2.92. The van der Waals surface area contributed by atoms with Crippen LogP contribution >= 0.6 is 11.6 Å². The summed E-state index contributed by atoms with van der Waals surface area (Å²) in [6, 6.07) is 18.9. The Labute approximate surface area is 160 Å². The first-order chi connectivity index (χ1) is 12.7. The lowest BCUT2D eigenvalue weighted by Crippen LogP contribution is -2.21. The highest BCUT2D eigenvalue weighted by molar-refractivity contribution is 6.32. The normalized spacial score (nSPS) is 12.0. The van der Waals surface area contributed by atoms with Crippen molar-refractivity contribution in [3.05, 3.63) is 83.1 Å². The average molecular weight is 367 g/mol. The van der Waals surface area contributed by atoms with Gasteiger partial charge < -0.3 is 10.1 Å². The molecule has 1 unspecified atom stereocenters. The fraction of sp³-hybridized carbons (Fsp3) is 0.227. The molecule has 0 bridgehead atoms. The van der Waals surface area contributed by atoms with Crippen LogP contribution in [0.2, 0.25) is 5.02 Å².